The van der Waals surface area contributed by atoms with E-state index in [0.717, 1.165) is 11.1 Å². The fraction of sp³-hybridized carbons (Fsp3) is 0.217. The number of rotatable bonds is 6. The van der Waals surface area contributed by atoms with E-state index in [1.807, 2.05) is 31.2 Å². The van der Waals surface area contributed by atoms with E-state index in [1.54, 1.807) is 18.2 Å². The lowest BCUT2D eigenvalue weighted by molar-refractivity contribution is -0.122. The smallest absolute Gasteiger partial charge is 0.275 e. The van der Waals surface area contributed by atoms with Crippen LogP contribution in [-0.4, -0.2) is 39.9 Å². The topological polar surface area (TPSA) is 134 Å². The number of hydrogen-bond acceptors (Lipinski definition) is 7. The molecule has 0 aliphatic carbocycles. The van der Waals surface area contributed by atoms with Gasteiger partial charge in [-0.2, -0.15) is 0 Å². The van der Waals surface area contributed by atoms with Crippen LogP contribution in [0.1, 0.15) is 33.2 Å². The molecule has 2 aromatic carbocycles. The number of anilines is 1. The predicted octanol–water partition coefficient (Wildman–Crippen LogP) is 2.66. The standard InChI is InChI=1S/C23H22ClN5O4/c1-13-2-4-14(5-3-13)12-29(22(31)19-16(24)11-27-23(26)28-19)20(21(25)30)15-6-7-17-18(10-15)33-9-8-32-17/h2-7,10-11,20H,8-9,12H2,1H3,(H2,25,30)(H2,26,27,28). The van der Waals surface area contributed by atoms with Crippen molar-refractivity contribution in [1.82, 2.24) is 14.9 Å². The van der Waals surface area contributed by atoms with E-state index < -0.39 is 17.9 Å². The van der Waals surface area contributed by atoms with E-state index in [9.17, 15) is 9.59 Å². The van der Waals surface area contributed by atoms with Crippen molar-refractivity contribution >= 4 is 29.4 Å². The Kier molecular flexibility index (Phi) is 6.32. The van der Waals surface area contributed by atoms with Crippen LogP contribution < -0.4 is 20.9 Å². The zero-order valence-electron chi connectivity index (χ0n) is 17.8. The first-order valence-electron chi connectivity index (χ1n) is 10.2. The van der Waals surface area contributed by atoms with Gasteiger partial charge in [0.05, 0.1) is 11.2 Å². The highest BCUT2D eigenvalue weighted by molar-refractivity contribution is 6.33. The molecule has 0 radical (unpaired) electrons. The molecule has 1 aliphatic rings. The highest BCUT2D eigenvalue weighted by atomic mass is 35.5. The number of amides is 2. The molecule has 0 fully saturated rings. The summed E-state index contributed by atoms with van der Waals surface area (Å²) >= 11 is 6.20. The largest absolute Gasteiger partial charge is 0.486 e. The normalized spacial score (nSPS) is 13.3. The number of primary amides is 1. The molecule has 0 bridgehead atoms. The lowest BCUT2D eigenvalue weighted by Crippen LogP contribution is -2.42. The maximum atomic E-state index is 13.6. The van der Waals surface area contributed by atoms with E-state index in [2.05, 4.69) is 9.97 Å². The Balaban J connectivity index is 1.80. The molecule has 2 amide bonds. The molecule has 0 saturated heterocycles. The summed E-state index contributed by atoms with van der Waals surface area (Å²) in [5.74, 6) is -0.444. The Morgan fingerprint density at radius 2 is 1.82 bits per heavy atom. The van der Waals surface area contributed by atoms with Crippen molar-refractivity contribution in [2.24, 2.45) is 5.73 Å². The number of benzene rings is 2. The quantitative estimate of drug-likeness (QED) is 0.569. The van der Waals surface area contributed by atoms with E-state index in [0.29, 0.717) is 30.3 Å². The average molecular weight is 468 g/mol. The zero-order valence-corrected chi connectivity index (χ0v) is 18.6. The predicted molar refractivity (Wildman–Crippen MR) is 122 cm³/mol. The second-order valence-electron chi connectivity index (χ2n) is 7.55. The second-order valence-corrected chi connectivity index (χ2v) is 7.96. The summed E-state index contributed by atoms with van der Waals surface area (Å²) in [4.78, 5) is 35.5. The molecule has 33 heavy (non-hydrogen) atoms. The van der Waals surface area contributed by atoms with Crippen LogP contribution in [0.5, 0.6) is 11.5 Å². The number of aromatic nitrogens is 2. The number of ether oxygens (including phenoxy) is 2. The number of nitrogen functional groups attached to an aromatic ring is 1. The third-order valence-corrected chi connectivity index (χ3v) is 5.44. The fourth-order valence-electron chi connectivity index (χ4n) is 3.57. The summed E-state index contributed by atoms with van der Waals surface area (Å²) in [5, 5.41) is 0.00787. The first kappa shape index (κ1) is 22.3. The van der Waals surface area contributed by atoms with Crippen LogP contribution in [0.4, 0.5) is 5.95 Å². The molecule has 2 heterocycles. The molecular weight excluding hydrogens is 446 g/mol. The average Bonchev–Trinajstić information content (AvgIpc) is 2.81. The number of fused-ring (bicyclic) bond motifs is 1. The van der Waals surface area contributed by atoms with E-state index >= 15 is 0 Å². The molecule has 0 saturated carbocycles. The highest BCUT2D eigenvalue weighted by Gasteiger charge is 2.33. The van der Waals surface area contributed by atoms with Crippen LogP contribution >= 0.6 is 11.6 Å². The Bertz CT molecular complexity index is 1200. The SMILES string of the molecule is Cc1ccc(CN(C(=O)c2nc(N)ncc2Cl)C(C(N)=O)c2ccc3c(c2)OCCO3)cc1. The molecule has 170 valence electrons. The zero-order chi connectivity index (χ0) is 23.5. The van der Waals surface area contributed by atoms with Crippen LogP contribution in [-0.2, 0) is 11.3 Å². The molecule has 1 aromatic heterocycles. The van der Waals surface area contributed by atoms with Gasteiger partial charge in [-0.15, -0.1) is 0 Å². The van der Waals surface area contributed by atoms with Gasteiger partial charge in [-0.3, -0.25) is 9.59 Å². The molecule has 1 atom stereocenters. The van der Waals surface area contributed by atoms with Gasteiger partial charge >= 0.3 is 0 Å². The summed E-state index contributed by atoms with van der Waals surface area (Å²) in [7, 11) is 0. The Hall–Kier alpha value is -3.85. The minimum absolute atomic E-state index is 0.00787. The van der Waals surface area contributed by atoms with Crippen molar-refractivity contribution in [3.63, 3.8) is 0 Å². The fourth-order valence-corrected chi connectivity index (χ4v) is 3.74. The number of aryl methyl sites for hydroxylation is 1. The van der Waals surface area contributed by atoms with Gasteiger partial charge in [-0.25, -0.2) is 9.97 Å². The minimum atomic E-state index is -1.14. The highest BCUT2D eigenvalue weighted by Crippen LogP contribution is 2.35. The molecule has 4 rings (SSSR count). The minimum Gasteiger partial charge on any atom is -0.486 e. The maximum Gasteiger partial charge on any atom is 0.275 e. The second kappa shape index (κ2) is 9.33. The molecule has 3 aromatic rings. The monoisotopic (exact) mass is 467 g/mol. The van der Waals surface area contributed by atoms with Gasteiger partial charge in [0.15, 0.2) is 17.2 Å². The Labute approximate surface area is 195 Å². The van der Waals surface area contributed by atoms with Crippen LogP contribution in [0.25, 0.3) is 0 Å². The summed E-state index contributed by atoms with van der Waals surface area (Å²) in [6.07, 6.45) is 1.24. The molecule has 4 N–H and O–H groups in total. The van der Waals surface area contributed by atoms with Crippen molar-refractivity contribution in [3.05, 3.63) is 76.1 Å². The van der Waals surface area contributed by atoms with Crippen molar-refractivity contribution < 1.29 is 19.1 Å². The van der Waals surface area contributed by atoms with Gasteiger partial charge in [0.2, 0.25) is 11.9 Å². The Morgan fingerprint density at radius 3 is 2.52 bits per heavy atom. The first-order chi connectivity index (χ1) is 15.8. The van der Waals surface area contributed by atoms with Crippen LogP contribution in [0.15, 0.2) is 48.7 Å². The number of nitrogens with zero attached hydrogens (tertiary/aromatic N) is 3. The molecule has 1 aliphatic heterocycles. The number of carbonyl (C=O) groups excluding carboxylic acids is 2. The van der Waals surface area contributed by atoms with Gasteiger partial charge in [0.1, 0.15) is 19.3 Å². The van der Waals surface area contributed by atoms with E-state index in [4.69, 9.17) is 32.5 Å². The maximum absolute atomic E-state index is 13.6. The Morgan fingerprint density at radius 1 is 1.12 bits per heavy atom. The first-order valence-corrected chi connectivity index (χ1v) is 10.5. The number of carbonyl (C=O) groups is 2. The molecule has 0 spiro atoms. The van der Waals surface area contributed by atoms with Crippen LogP contribution in [0.3, 0.4) is 0 Å². The van der Waals surface area contributed by atoms with Gasteiger partial charge in [-0.1, -0.05) is 47.5 Å². The molecular formula is C23H22ClN5O4. The van der Waals surface area contributed by atoms with Crippen LogP contribution in [0, 0.1) is 6.92 Å². The van der Waals surface area contributed by atoms with Gasteiger partial charge in [-0.05, 0) is 30.2 Å². The summed E-state index contributed by atoms with van der Waals surface area (Å²) < 4.78 is 11.2. The lowest BCUT2D eigenvalue weighted by atomic mass is 10.0. The number of halogens is 1. The number of nitrogens with two attached hydrogens (primary N) is 2. The van der Waals surface area contributed by atoms with Crippen molar-refractivity contribution in [3.8, 4) is 11.5 Å². The van der Waals surface area contributed by atoms with Gasteiger partial charge in [0.25, 0.3) is 5.91 Å². The molecule has 9 nitrogen and oxygen atoms in total. The summed E-state index contributed by atoms with van der Waals surface area (Å²) in [6.45, 7) is 2.83. The van der Waals surface area contributed by atoms with Crippen molar-refractivity contribution in [1.29, 1.82) is 0 Å². The summed E-state index contributed by atoms with van der Waals surface area (Å²) in [6, 6.07) is 11.4. The van der Waals surface area contributed by atoms with Gasteiger partial charge in [0, 0.05) is 6.54 Å². The van der Waals surface area contributed by atoms with E-state index in [-0.39, 0.29) is 23.2 Å². The molecule has 10 heteroatoms. The summed E-state index contributed by atoms with van der Waals surface area (Å²) in [5.41, 5.74) is 13.7. The third kappa shape index (κ3) is 4.83. The lowest BCUT2D eigenvalue weighted by Gasteiger charge is -2.31. The molecule has 1 unspecified atom stereocenters. The van der Waals surface area contributed by atoms with Crippen molar-refractivity contribution in [2.45, 2.75) is 19.5 Å². The number of hydrogen-bond donors (Lipinski definition) is 2. The van der Waals surface area contributed by atoms with Crippen molar-refractivity contribution in [2.75, 3.05) is 18.9 Å². The van der Waals surface area contributed by atoms with Crippen LogP contribution in [0.2, 0.25) is 5.02 Å². The van der Waals surface area contributed by atoms with E-state index in [1.165, 1.54) is 11.1 Å². The van der Waals surface area contributed by atoms with Gasteiger partial charge < -0.3 is 25.8 Å². The third-order valence-electron chi connectivity index (χ3n) is 5.16.